The minimum atomic E-state index is 0. The third kappa shape index (κ3) is 1.91. The van der Waals surface area contributed by atoms with E-state index in [0.717, 1.165) is 36.5 Å². The smallest absolute Gasteiger partial charge is 0.119 e. The summed E-state index contributed by atoms with van der Waals surface area (Å²) in [5.41, 5.74) is 0. The Morgan fingerprint density at radius 2 is 2.19 bits per heavy atom. The fraction of sp³-hybridized carbons (Fsp3) is 0.250. The van der Waals surface area contributed by atoms with Crippen molar-refractivity contribution in [3.8, 4) is 0 Å². The van der Waals surface area contributed by atoms with Gasteiger partial charge in [-0.3, -0.25) is 4.99 Å². The predicted octanol–water partition coefficient (Wildman–Crippen LogP) is 2.40. The zero-order chi connectivity index (χ0) is 10.1. The highest BCUT2D eigenvalue weighted by Gasteiger charge is 2.11. The molecule has 0 bridgehead atoms. The van der Waals surface area contributed by atoms with Crippen LogP contribution in [0.15, 0.2) is 39.9 Å². The largest absolute Gasteiger partial charge is 0.468 e. The van der Waals surface area contributed by atoms with Crippen molar-refractivity contribution in [2.24, 2.45) is 4.99 Å². The van der Waals surface area contributed by atoms with E-state index in [1.54, 1.807) is 6.26 Å². The third-order valence-electron chi connectivity index (χ3n) is 2.66. The van der Waals surface area contributed by atoms with Crippen molar-refractivity contribution in [3.63, 3.8) is 0 Å². The zero-order valence-electron chi connectivity index (χ0n) is 8.77. The van der Waals surface area contributed by atoms with Gasteiger partial charge in [0.25, 0.3) is 0 Å². The molecule has 0 amide bonds. The van der Waals surface area contributed by atoms with E-state index in [1.165, 1.54) is 5.39 Å². The summed E-state index contributed by atoms with van der Waals surface area (Å²) in [5, 5.41) is 5.60. The van der Waals surface area contributed by atoms with Crippen LogP contribution in [0.1, 0.15) is 5.76 Å². The minimum absolute atomic E-state index is 0. The highest BCUT2D eigenvalue weighted by Crippen LogP contribution is 2.21. The maximum atomic E-state index is 5.56. The van der Waals surface area contributed by atoms with Gasteiger partial charge in [-0.05, 0) is 0 Å². The van der Waals surface area contributed by atoms with Crippen LogP contribution >= 0.6 is 12.4 Å². The molecule has 1 aromatic carbocycles. The highest BCUT2D eigenvalue weighted by atomic mass is 35.5. The minimum Gasteiger partial charge on any atom is -0.468 e. The van der Waals surface area contributed by atoms with Gasteiger partial charge in [-0.2, -0.15) is 0 Å². The molecule has 0 saturated heterocycles. The molecule has 3 nitrogen and oxygen atoms in total. The third-order valence-corrected chi connectivity index (χ3v) is 2.66. The van der Waals surface area contributed by atoms with E-state index in [2.05, 4.69) is 22.4 Å². The fourth-order valence-electron chi connectivity index (χ4n) is 1.91. The molecule has 84 valence electrons. The number of nitrogens with zero attached hydrogens (tertiary/aromatic N) is 1. The summed E-state index contributed by atoms with van der Waals surface area (Å²) in [6.45, 7) is 1.84. The van der Waals surface area contributed by atoms with E-state index in [1.807, 2.05) is 12.1 Å². The summed E-state index contributed by atoms with van der Waals surface area (Å²) in [7, 11) is 0. The van der Waals surface area contributed by atoms with Gasteiger partial charge >= 0.3 is 0 Å². The van der Waals surface area contributed by atoms with Crippen molar-refractivity contribution in [1.29, 1.82) is 0 Å². The molecule has 0 saturated carbocycles. The number of halogens is 1. The van der Waals surface area contributed by atoms with Crippen molar-refractivity contribution in [2.45, 2.75) is 6.42 Å². The van der Waals surface area contributed by atoms with Crippen molar-refractivity contribution in [3.05, 3.63) is 36.3 Å². The number of fused-ring (bicyclic) bond motifs is 1. The van der Waals surface area contributed by atoms with Crippen LogP contribution in [0.2, 0.25) is 0 Å². The fourth-order valence-corrected chi connectivity index (χ4v) is 1.91. The number of amidine groups is 1. The number of rotatable bonds is 2. The summed E-state index contributed by atoms with van der Waals surface area (Å²) in [6, 6.07) is 8.20. The average Bonchev–Trinajstić information content (AvgIpc) is 2.89. The van der Waals surface area contributed by atoms with E-state index in [4.69, 9.17) is 4.42 Å². The lowest BCUT2D eigenvalue weighted by atomic mass is 10.1. The number of nitrogens with one attached hydrogen (secondary N) is 1. The molecule has 2 heterocycles. The number of furan rings is 1. The standard InChI is InChI=1S/C12H12N2O.ClH/c1-2-4-10-9(3-1)8-15-11(10)7-12-13-5-6-14-12;/h1-4,8H,5-7H2,(H,13,14);1H. The van der Waals surface area contributed by atoms with E-state index in [0.29, 0.717) is 0 Å². The Balaban J connectivity index is 0.000000963. The zero-order valence-corrected chi connectivity index (χ0v) is 9.59. The number of hydrogen-bond acceptors (Lipinski definition) is 3. The van der Waals surface area contributed by atoms with Gasteiger partial charge in [-0.1, -0.05) is 24.3 Å². The van der Waals surface area contributed by atoms with Gasteiger partial charge in [-0.25, -0.2) is 0 Å². The summed E-state index contributed by atoms with van der Waals surface area (Å²) < 4.78 is 5.56. The molecule has 0 aliphatic carbocycles. The Hall–Kier alpha value is -1.48. The molecule has 1 aliphatic rings. The number of hydrogen-bond donors (Lipinski definition) is 1. The molecule has 0 radical (unpaired) electrons. The van der Waals surface area contributed by atoms with Gasteiger partial charge in [0.05, 0.1) is 19.2 Å². The lowest BCUT2D eigenvalue weighted by molar-refractivity contribution is 0.531. The molecule has 3 rings (SSSR count). The van der Waals surface area contributed by atoms with E-state index < -0.39 is 0 Å². The molecular formula is C12H13ClN2O. The maximum Gasteiger partial charge on any atom is 0.119 e. The number of aliphatic imine (C=N–C) groups is 1. The highest BCUT2D eigenvalue weighted by molar-refractivity contribution is 5.91. The number of benzene rings is 1. The summed E-state index contributed by atoms with van der Waals surface area (Å²) in [4.78, 5) is 4.36. The Bertz CT molecular complexity index is 518. The molecule has 0 atom stereocenters. The first kappa shape index (κ1) is 11.0. The van der Waals surface area contributed by atoms with Gasteiger partial charge in [0.2, 0.25) is 0 Å². The topological polar surface area (TPSA) is 37.5 Å². The Morgan fingerprint density at radius 1 is 1.31 bits per heavy atom. The quantitative estimate of drug-likeness (QED) is 0.870. The summed E-state index contributed by atoms with van der Waals surface area (Å²) in [5.74, 6) is 2.04. The van der Waals surface area contributed by atoms with Crippen LogP contribution < -0.4 is 5.32 Å². The molecule has 2 aromatic rings. The van der Waals surface area contributed by atoms with Crippen molar-refractivity contribution >= 4 is 29.0 Å². The molecule has 4 heteroatoms. The average molecular weight is 237 g/mol. The lowest BCUT2D eigenvalue weighted by Crippen LogP contribution is -2.20. The van der Waals surface area contributed by atoms with Crippen molar-refractivity contribution < 1.29 is 4.42 Å². The molecule has 1 aliphatic heterocycles. The Kier molecular flexibility index (Phi) is 3.15. The van der Waals surface area contributed by atoms with Gasteiger partial charge in [-0.15, -0.1) is 12.4 Å². The van der Waals surface area contributed by atoms with Crippen LogP contribution in [0.4, 0.5) is 0 Å². The first-order chi connectivity index (χ1) is 7.43. The monoisotopic (exact) mass is 236 g/mol. The van der Waals surface area contributed by atoms with Crippen LogP contribution in [0, 0.1) is 0 Å². The predicted molar refractivity (Wildman–Crippen MR) is 67.5 cm³/mol. The first-order valence-corrected chi connectivity index (χ1v) is 5.16. The molecular weight excluding hydrogens is 224 g/mol. The molecule has 1 N–H and O–H groups in total. The molecule has 0 spiro atoms. The first-order valence-electron chi connectivity index (χ1n) is 5.16. The normalized spacial score (nSPS) is 14.4. The Labute approximate surface area is 100.0 Å². The van der Waals surface area contributed by atoms with Crippen molar-refractivity contribution in [1.82, 2.24) is 5.32 Å². The van der Waals surface area contributed by atoms with Crippen LogP contribution in [0.5, 0.6) is 0 Å². The van der Waals surface area contributed by atoms with Crippen LogP contribution in [-0.2, 0) is 6.42 Å². The van der Waals surface area contributed by atoms with Gasteiger partial charge in [0.15, 0.2) is 0 Å². The molecule has 0 unspecified atom stereocenters. The second-order valence-corrected chi connectivity index (χ2v) is 3.68. The second-order valence-electron chi connectivity index (χ2n) is 3.68. The van der Waals surface area contributed by atoms with Crippen LogP contribution in [0.3, 0.4) is 0 Å². The van der Waals surface area contributed by atoms with E-state index >= 15 is 0 Å². The molecule has 0 fully saturated rings. The Morgan fingerprint density at radius 3 is 3.00 bits per heavy atom. The van der Waals surface area contributed by atoms with Gasteiger partial charge in [0.1, 0.15) is 11.6 Å². The second kappa shape index (κ2) is 4.58. The van der Waals surface area contributed by atoms with Crippen molar-refractivity contribution in [2.75, 3.05) is 13.1 Å². The van der Waals surface area contributed by atoms with Gasteiger partial charge in [0, 0.05) is 17.3 Å². The SMILES string of the molecule is Cl.c1ccc2c(CC3=NCCN3)occ2c1. The van der Waals surface area contributed by atoms with Gasteiger partial charge < -0.3 is 9.73 Å². The van der Waals surface area contributed by atoms with Crippen LogP contribution in [-0.4, -0.2) is 18.9 Å². The lowest BCUT2D eigenvalue weighted by Gasteiger charge is -1.99. The maximum absolute atomic E-state index is 5.56. The van der Waals surface area contributed by atoms with Crippen LogP contribution in [0.25, 0.3) is 10.8 Å². The van der Waals surface area contributed by atoms with E-state index in [-0.39, 0.29) is 12.4 Å². The summed E-state index contributed by atoms with van der Waals surface area (Å²) in [6.07, 6.45) is 2.58. The molecule has 16 heavy (non-hydrogen) atoms. The van der Waals surface area contributed by atoms with E-state index in [9.17, 15) is 0 Å². The summed E-state index contributed by atoms with van der Waals surface area (Å²) >= 11 is 0. The molecule has 1 aromatic heterocycles.